The molecule has 2 aromatic rings. The molecule has 5 nitrogen and oxygen atoms in total. The highest BCUT2D eigenvalue weighted by molar-refractivity contribution is 9.10. The van der Waals surface area contributed by atoms with E-state index in [-0.39, 0.29) is 5.69 Å². The molecular formula is C15H14BrNO4. The highest BCUT2D eigenvalue weighted by Gasteiger charge is 2.15. The number of non-ortho nitro benzene ring substituents is 1. The number of hydrogen-bond acceptors (Lipinski definition) is 4. The fourth-order valence-corrected chi connectivity index (χ4v) is 2.28. The first-order chi connectivity index (χ1) is 9.99. The van der Waals surface area contributed by atoms with Crippen molar-refractivity contribution in [2.24, 2.45) is 0 Å². The van der Waals surface area contributed by atoms with Crippen molar-refractivity contribution in [3.05, 3.63) is 68.2 Å². The molecule has 0 unspecified atom stereocenters. The summed E-state index contributed by atoms with van der Waals surface area (Å²) in [6.07, 6.45) is -0.848. The molecular weight excluding hydrogens is 338 g/mol. The maximum atomic E-state index is 10.8. The van der Waals surface area contributed by atoms with Crippen molar-refractivity contribution in [2.45, 2.75) is 19.6 Å². The van der Waals surface area contributed by atoms with E-state index in [9.17, 15) is 15.2 Å². The second-order valence-electron chi connectivity index (χ2n) is 4.54. The van der Waals surface area contributed by atoms with Crippen molar-refractivity contribution < 1.29 is 14.8 Å². The summed E-state index contributed by atoms with van der Waals surface area (Å²) >= 11 is 3.43. The van der Waals surface area contributed by atoms with Gasteiger partial charge in [-0.15, -0.1) is 0 Å². The molecule has 0 fully saturated rings. The van der Waals surface area contributed by atoms with Gasteiger partial charge in [-0.05, 0) is 19.1 Å². The van der Waals surface area contributed by atoms with Gasteiger partial charge in [0, 0.05) is 27.7 Å². The molecule has 1 N–H and O–H groups in total. The van der Waals surface area contributed by atoms with Crippen molar-refractivity contribution in [1.82, 2.24) is 0 Å². The van der Waals surface area contributed by atoms with E-state index in [1.807, 2.05) is 24.3 Å². The predicted octanol–water partition coefficient (Wildman–Crippen LogP) is 3.99. The second kappa shape index (κ2) is 6.69. The van der Waals surface area contributed by atoms with Crippen molar-refractivity contribution in [3.63, 3.8) is 0 Å². The van der Waals surface area contributed by atoms with Crippen molar-refractivity contribution in [1.29, 1.82) is 0 Å². The fourth-order valence-electron chi connectivity index (χ4n) is 1.88. The van der Waals surface area contributed by atoms with E-state index in [4.69, 9.17) is 4.74 Å². The molecule has 0 saturated carbocycles. The van der Waals surface area contributed by atoms with Crippen LogP contribution in [-0.4, -0.2) is 10.0 Å². The van der Waals surface area contributed by atoms with Crippen LogP contribution in [0.4, 0.5) is 5.69 Å². The molecule has 21 heavy (non-hydrogen) atoms. The molecule has 0 aliphatic carbocycles. The molecule has 0 heterocycles. The van der Waals surface area contributed by atoms with E-state index in [2.05, 4.69) is 15.9 Å². The van der Waals surface area contributed by atoms with Crippen LogP contribution in [0.2, 0.25) is 0 Å². The summed E-state index contributed by atoms with van der Waals surface area (Å²) in [7, 11) is 0. The van der Waals surface area contributed by atoms with Crippen molar-refractivity contribution >= 4 is 21.6 Å². The lowest BCUT2D eigenvalue weighted by Crippen LogP contribution is -2.02. The number of nitro groups is 1. The Kier molecular flexibility index (Phi) is 4.93. The van der Waals surface area contributed by atoms with Gasteiger partial charge in [-0.3, -0.25) is 10.1 Å². The third-order valence-electron chi connectivity index (χ3n) is 3.00. The Morgan fingerprint density at radius 2 is 2.05 bits per heavy atom. The molecule has 0 bridgehead atoms. The van der Waals surface area contributed by atoms with Gasteiger partial charge in [-0.1, -0.05) is 34.1 Å². The van der Waals surface area contributed by atoms with E-state index in [0.29, 0.717) is 17.9 Å². The van der Waals surface area contributed by atoms with Gasteiger partial charge in [-0.2, -0.15) is 0 Å². The monoisotopic (exact) mass is 351 g/mol. The van der Waals surface area contributed by atoms with E-state index in [0.717, 1.165) is 10.0 Å². The Hall–Kier alpha value is -1.92. The summed E-state index contributed by atoms with van der Waals surface area (Å²) in [4.78, 5) is 10.3. The predicted molar refractivity (Wildman–Crippen MR) is 82.2 cm³/mol. The summed E-state index contributed by atoms with van der Waals surface area (Å²) in [5, 5.41) is 20.5. The minimum absolute atomic E-state index is 0.0702. The van der Waals surface area contributed by atoms with E-state index in [1.54, 1.807) is 6.92 Å². The number of hydrogen-bond donors (Lipinski definition) is 1. The van der Waals surface area contributed by atoms with Gasteiger partial charge in [0.25, 0.3) is 5.69 Å². The number of nitrogens with zero attached hydrogens (tertiary/aromatic N) is 1. The van der Waals surface area contributed by atoms with Gasteiger partial charge in [-0.25, -0.2) is 0 Å². The Morgan fingerprint density at radius 3 is 2.67 bits per heavy atom. The summed E-state index contributed by atoms with van der Waals surface area (Å²) in [6.45, 7) is 1.85. The van der Waals surface area contributed by atoms with E-state index >= 15 is 0 Å². The SMILES string of the molecule is C[C@H](O)c1cc([N+](=O)[O-])ccc1OCc1ccccc1Br. The minimum atomic E-state index is -0.848. The number of benzene rings is 2. The first-order valence-electron chi connectivity index (χ1n) is 6.31. The van der Waals surface area contributed by atoms with Crippen LogP contribution in [0.15, 0.2) is 46.9 Å². The third kappa shape index (κ3) is 3.80. The lowest BCUT2D eigenvalue weighted by atomic mass is 10.1. The highest BCUT2D eigenvalue weighted by Crippen LogP contribution is 2.30. The van der Waals surface area contributed by atoms with Crippen LogP contribution in [0.25, 0.3) is 0 Å². The normalized spacial score (nSPS) is 12.0. The van der Waals surface area contributed by atoms with Crippen LogP contribution in [0, 0.1) is 10.1 Å². The zero-order chi connectivity index (χ0) is 15.4. The minimum Gasteiger partial charge on any atom is -0.488 e. The quantitative estimate of drug-likeness (QED) is 0.652. The summed E-state index contributed by atoms with van der Waals surface area (Å²) in [6, 6.07) is 11.8. The first kappa shape index (κ1) is 15.5. The zero-order valence-corrected chi connectivity index (χ0v) is 12.9. The van der Waals surface area contributed by atoms with Crippen molar-refractivity contribution in [3.8, 4) is 5.75 Å². The lowest BCUT2D eigenvalue weighted by Gasteiger charge is -2.14. The van der Waals surface area contributed by atoms with Gasteiger partial charge in [0.15, 0.2) is 0 Å². The molecule has 2 aromatic carbocycles. The topological polar surface area (TPSA) is 72.6 Å². The van der Waals surface area contributed by atoms with E-state index in [1.165, 1.54) is 18.2 Å². The van der Waals surface area contributed by atoms with Crippen LogP contribution in [-0.2, 0) is 6.61 Å². The molecule has 0 saturated heterocycles. The molecule has 0 spiro atoms. The fraction of sp³-hybridized carbons (Fsp3) is 0.200. The first-order valence-corrected chi connectivity index (χ1v) is 7.11. The molecule has 1 atom stereocenters. The average molecular weight is 352 g/mol. The van der Waals surface area contributed by atoms with Crippen LogP contribution in [0.5, 0.6) is 5.75 Å². The number of aliphatic hydroxyl groups is 1. The number of nitro benzene ring substituents is 1. The number of aliphatic hydroxyl groups excluding tert-OH is 1. The van der Waals surface area contributed by atoms with Gasteiger partial charge >= 0.3 is 0 Å². The molecule has 0 amide bonds. The van der Waals surface area contributed by atoms with Gasteiger partial charge < -0.3 is 9.84 Å². The summed E-state index contributed by atoms with van der Waals surface area (Å²) in [5.74, 6) is 0.436. The van der Waals surface area contributed by atoms with Crippen molar-refractivity contribution in [2.75, 3.05) is 0 Å². The number of rotatable bonds is 5. The largest absolute Gasteiger partial charge is 0.488 e. The van der Waals surface area contributed by atoms with Gasteiger partial charge in [0.2, 0.25) is 0 Å². The molecule has 0 radical (unpaired) electrons. The smallest absolute Gasteiger partial charge is 0.270 e. The molecule has 0 aliphatic rings. The molecule has 2 rings (SSSR count). The van der Waals surface area contributed by atoms with Gasteiger partial charge in [0.05, 0.1) is 11.0 Å². The van der Waals surface area contributed by atoms with Gasteiger partial charge in [0.1, 0.15) is 12.4 Å². The summed E-state index contributed by atoms with van der Waals surface area (Å²) in [5.41, 5.74) is 1.28. The van der Waals surface area contributed by atoms with Crippen LogP contribution < -0.4 is 4.74 Å². The Labute approximate surface area is 130 Å². The third-order valence-corrected chi connectivity index (χ3v) is 3.77. The number of halogens is 1. The van der Waals surface area contributed by atoms with E-state index < -0.39 is 11.0 Å². The highest BCUT2D eigenvalue weighted by atomic mass is 79.9. The standard InChI is InChI=1S/C15H14BrNO4/c1-10(18)13-8-12(17(19)20)6-7-15(13)21-9-11-4-2-3-5-14(11)16/h2-8,10,18H,9H2,1H3/t10-/m0/s1. The molecule has 0 aromatic heterocycles. The lowest BCUT2D eigenvalue weighted by molar-refractivity contribution is -0.385. The van der Waals surface area contributed by atoms with Crippen LogP contribution in [0.1, 0.15) is 24.2 Å². The maximum absolute atomic E-state index is 10.8. The second-order valence-corrected chi connectivity index (χ2v) is 5.39. The maximum Gasteiger partial charge on any atom is 0.270 e. The Bertz CT molecular complexity index is 658. The van der Waals surface area contributed by atoms with Crippen LogP contribution >= 0.6 is 15.9 Å². The number of ether oxygens (including phenoxy) is 1. The Balaban J connectivity index is 2.23. The molecule has 110 valence electrons. The molecule has 0 aliphatic heterocycles. The summed E-state index contributed by atoms with van der Waals surface area (Å²) < 4.78 is 6.61. The average Bonchev–Trinajstić information content (AvgIpc) is 2.46. The Morgan fingerprint density at radius 1 is 1.33 bits per heavy atom. The molecule has 6 heteroatoms. The zero-order valence-electron chi connectivity index (χ0n) is 11.3. The van der Waals surface area contributed by atoms with Crippen LogP contribution in [0.3, 0.4) is 0 Å².